The first-order valence-electron chi connectivity index (χ1n) is 2.66. The van der Waals surface area contributed by atoms with Gasteiger partial charge < -0.3 is 10.6 Å². The van der Waals surface area contributed by atoms with E-state index in [4.69, 9.17) is 0 Å². The quantitative estimate of drug-likeness (QED) is 0.587. The van der Waals surface area contributed by atoms with Crippen LogP contribution in [-0.4, -0.2) is 26.5 Å². The van der Waals surface area contributed by atoms with Crippen LogP contribution in [0.15, 0.2) is 0 Å². The molecule has 2 N–H and O–H groups in total. The van der Waals surface area contributed by atoms with Crippen LogP contribution in [0.1, 0.15) is 6.42 Å². The fourth-order valence-corrected chi connectivity index (χ4v) is 0.364. The number of rotatable bonds is 3. The molecule has 0 aliphatic rings. The molecule has 0 bridgehead atoms. The molecule has 1 amide bonds. The van der Waals surface area contributed by atoms with Crippen molar-refractivity contribution in [2.45, 2.75) is 6.42 Å². The maximum atomic E-state index is 10.4. The van der Waals surface area contributed by atoms with E-state index in [-0.39, 0.29) is 18.3 Å². The Morgan fingerprint density at radius 1 is 1.44 bits per heavy atom. The number of hydrogen-bond acceptors (Lipinski definition) is 2. The van der Waals surface area contributed by atoms with E-state index in [1.165, 1.54) is 0 Å². The van der Waals surface area contributed by atoms with Crippen molar-refractivity contribution in [1.82, 2.24) is 10.6 Å². The highest BCUT2D eigenvalue weighted by molar-refractivity contribution is 5.85. The van der Waals surface area contributed by atoms with Gasteiger partial charge in [-0.2, -0.15) is 0 Å². The lowest BCUT2D eigenvalue weighted by Gasteiger charge is -1.95. The predicted octanol–water partition coefficient (Wildman–Crippen LogP) is -0.236. The van der Waals surface area contributed by atoms with E-state index < -0.39 is 0 Å². The summed E-state index contributed by atoms with van der Waals surface area (Å²) < 4.78 is 0. The van der Waals surface area contributed by atoms with Crippen LogP contribution in [0.5, 0.6) is 0 Å². The Morgan fingerprint density at radius 2 is 2.00 bits per heavy atom. The second-order valence-electron chi connectivity index (χ2n) is 1.53. The molecule has 0 unspecified atom stereocenters. The van der Waals surface area contributed by atoms with Crippen LogP contribution in [0.3, 0.4) is 0 Å². The van der Waals surface area contributed by atoms with E-state index in [9.17, 15) is 4.79 Å². The van der Waals surface area contributed by atoms with Crippen molar-refractivity contribution in [3.05, 3.63) is 0 Å². The number of carbonyl (C=O) groups excluding carboxylic acids is 1. The average molecular weight is 153 g/mol. The summed E-state index contributed by atoms with van der Waals surface area (Å²) in [7, 11) is 3.46. The Kier molecular flexibility index (Phi) is 9.87. The van der Waals surface area contributed by atoms with E-state index in [0.717, 1.165) is 6.54 Å². The fraction of sp³-hybridized carbons (Fsp3) is 0.800. The van der Waals surface area contributed by atoms with Gasteiger partial charge in [-0.15, -0.1) is 12.4 Å². The van der Waals surface area contributed by atoms with Crippen molar-refractivity contribution in [2.24, 2.45) is 0 Å². The topological polar surface area (TPSA) is 41.1 Å². The number of halogens is 1. The van der Waals surface area contributed by atoms with Crippen LogP contribution in [0.4, 0.5) is 0 Å². The molecule has 0 aliphatic carbocycles. The minimum atomic E-state index is 0. The lowest BCUT2D eigenvalue weighted by atomic mass is 10.4. The molecule has 0 fully saturated rings. The molecular formula is C5H13ClN2O. The first-order valence-corrected chi connectivity index (χ1v) is 2.66. The molecule has 56 valence electrons. The molecule has 4 heteroatoms. The van der Waals surface area contributed by atoms with Gasteiger partial charge in [0.1, 0.15) is 0 Å². The summed E-state index contributed by atoms with van der Waals surface area (Å²) in [6, 6.07) is 0. The molecule has 9 heavy (non-hydrogen) atoms. The van der Waals surface area contributed by atoms with E-state index in [2.05, 4.69) is 10.6 Å². The third-order valence-electron chi connectivity index (χ3n) is 0.881. The minimum Gasteiger partial charge on any atom is -0.359 e. The SMILES string of the molecule is CNCCC(=O)NC.Cl. The molecule has 0 aromatic carbocycles. The Morgan fingerprint density at radius 3 is 2.33 bits per heavy atom. The first-order chi connectivity index (χ1) is 3.81. The van der Waals surface area contributed by atoms with Crippen molar-refractivity contribution >= 4 is 18.3 Å². The molecule has 0 atom stereocenters. The zero-order valence-electron chi connectivity index (χ0n) is 5.73. The molecule has 0 radical (unpaired) electrons. The van der Waals surface area contributed by atoms with Gasteiger partial charge in [0.05, 0.1) is 0 Å². The number of hydrogen-bond donors (Lipinski definition) is 2. The van der Waals surface area contributed by atoms with Gasteiger partial charge in [-0.25, -0.2) is 0 Å². The summed E-state index contributed by atoms with van der Waals surface area (Å²) in [6.45, 7) is 0.750. The predicted molar refractivity (Wildman–Crippen MR) is 39.9 cm³/mol. The Balaban J connectivity index is 0. The Labute approximate surface area is 61.6 Å². The highest BCUT2D eigenvalue weighted by Gasteiger charge is 1.92. The molecule has 0 saturated carbocycles. The molecule has 0 aromatic heterocycles. The smallest absolute Gasteiger partial charge is 0.221 e. The van der Waals surface area contributed by atoms with Crippen LogP contribution in [0.25, 0.3) is 0 Å². The van der Waals surface area contributed by atoms with Gasteiger partial charge in [0.15, 0.2) is 0 Å². The number of amides is 1. The van der Waals surface area contributed by atoms with Crippen molar-refractivity contribution in [2.75, 3.05) is 20.6 Å². The highest BCUT2D eigenvalue weighted by atomic mass is 35.5. The van der Waals surface area contributed by atoms with E-state index >= 15 is 0 Å². The van der Waals surface area contributed by atoms with Gasteiger partial charge in [0, 0.05) is 20.0 Å². The van der Waals surface area contributed by atoms with Crippen LogP contribution < -0.4 is 10.6 Å². The molecule has 0 heterocycles. The maximum Gasteiger partial charge on any atom is 0.221 e. The average Bonchev–Trinajstić information content (AvgIpc) is 1.83. The van der Waals surface area contributed by atoms with Crippen LogP contribution in [0.2, 0.25) is 0 Å². The molecular weight excluding hydrogens is 140 g/mol. The van der Waals surface area contributed by atoms with Crippen molar-refractivity contribution in [1.29, 1.82) is 0 Å². The lowest BCUT2D eigenvalue weighted by molar-refractivity contribution is -0.120. The number of nitrogens with one attached hydrogen (secondary N) is 2. The third-order valence-corrected chi connectivity index (χ3v) is 0.881. The molecule has 0 spiro atoms. The van der Waals surface area contributed by atoms with Crippen LogP contribution in [0, 0.1) is 0 Å². The summed E-state index contributed by atoms with van der Waals surface area (Å²) in [5.74, 6) is 0.0827. The zero-order chi connectivity index (χ0) is 6.41. The number of carbonyl (C=O) groups is 1. The standard InChI is InChI=1S/C5H12N2O.ClH/c1-6-4-3-5(8)7-2;/h6H,3-4H2,1-2H3,(H,7,8);1H. The van der Waals surface area contributed by atoms with Gasteiger partial charge in [0.2, 0.25) is 5.91 Å². The van der Waals surface area contributed by atoms with Crippen molar-refractivity contribution in [3.63, 3.8) is 0 Å². The summed E-state index contributed by atoms with van der Waals surface area (Å²) in [5, 5.41) is 5.39. The van der Waals surface area contributed by atoms with Gasteiger partial charge >= 0.3 is 0 Å². The van der Waals surface area contributed by atoms with Crippen LogP contribution >= 0.6 is 12.4 Å². The molecule has 0 aliphatic heterocycles. The van der Waals surface area contributed by atoms with Crippen molar-refractivity contribution in [3.8, 4) is 0 Å². The molecule has 3 nitrogen and oxygen atoms in total. The van der Waals surface area contributed by atoms with Gasteiger partial charge in [-0.05, 0) is 7.05 Å². The van der Waals surface area contributed by atoms with Crippen molar-refractivity contribution < 1.29 is 4.79 Å². The van der Waals surface area contributed by atoms with Gasteiger partial charge in [-0.3, -0.25) is 4.79 Å². The summed E-state index contributed by atoms with van der Waals surface area (Å²) in [6.07, 6.45) is 0.562. The molecule has 0 aromatic rings. The Bertz CT molecular complexity index is 77.4. The first kappa shape index (κ1) is 11.5. The Hall–Kier alpha value is -0.280. The zero-order valence-corrected chi connectivity index (χ0v) is 6.55. The third kappa shape index (κ3) is 7.72. The van der Waals surface area contributed by atoms with E-state index in [0.29, 0.717) is 6.42 Å². The largest absolute Gasteiger partial charge is 0.359 e. The van der Waals surface area contributed by atoms with E-state index in [1.807, 2.05) is 7.05 Å². The molecule has 0 rings (SSSR count). The van der Waals surface area contributed by atoms with Gasteiger partial charge in [0.25, 0.3) is 0 Å². The minimum absolute atomic E-state index is 0. The van der Waals surface area contributed by atoms with E-state index in [1.54, 1.807) is 7.05 Å². The monoisotopic (exact) mass is 152 g/mol. The molecule has 0 saturated heterocycles. The maximum absolute atomic E-state index is 10.4. The fourth-order valence-electron chi connectivity index (χ4n) is 0.364. The van der Waals surface area contributed by atoms with Crippen LogP contribution in [-0.2, 0) is 4.79 Å². The summed E-state index contributed by atoms with van der Waals surface area (Å²) in [5.41, 5.74) is 0. The lowest BCUT2D eigenvalue weighted by Crippen LogP contribution is -2.22. The normalized spacial score (nSPS) is 7.78. The van der Waals surface area contributed by atoms with Gasteiger partial charge in [-0.1, -0.05) is 0 Å². The highest BCUT2D eigenvalue weighted by Crippen LogP contribution is 1.71. The summed E-state index contributed by atoms with van der Waals surface area (Å²) in [4.78, 5) is 10.4. The second-order valence-corrected chi connectivity index (χ2v) is 1.53. The summed E-state index contributed by atoms with van der Waals surface area (Å²) >= 11 is 0. The second kappa shape index (κ2) is 7.72.